The average molecular weight is 211 g/mol. The molecule has 1 N–H and O–H groups in total. The van der Waals surface area contributed by atoms with Crippen LogP contribution in [0.3, 0.4) is 0 Å². The number of hydrogen-bond donors (Lipinski definition) is 1. The van der Waals surface area contributed by atoms with Crippen molar-refractivity contribution < 1.29 is 10.0 Å². The Bertz CT molecular complexity index is 363. The molecule has 0 unspecified atom stereocenters. The highest BCUT2D eigenvalue weighted by molar-refractivity contribution is 5.21. The summed E-state index contributed by atoms with van der Waals surface area (Å²) < 4.78 is 1.60. The van der Waals surface area contributed by atoms with Crippen molar-refractivity contribution in [3.63, 3.8) is 0 Å². The molecule has 1 aliphatic carbocycles. The van der Waals surface area contributed by atoms with Crippen LogP contribution in [-0.2, 0) is 0 Å². The third-order valence-corrected chi connectivity index (χ3v) is 2.79. The number of nitro groups is 1. The first kappa shape index (κ1) is 10.1. The van der Waals surface area contributed by atoms with Crippen molar-refractivity contribution in [2.75, 3.05) is 0 Å². The number of aliphatic hydroxyl groups is 1. The Balaban J connectivity index is 2.11. The molecule has 1 aliphatic rings. The topological polar surface area (TPSA) is 81.2 Å². The molecule has 0 amide bonds. The maximum atomic E-state index is 10.5. The normalized spacial score (nSPS) is 26.5. The van der Waals surface area contributed by atoms with Gasteiger partial charge in [-0.1, -0.05) is 0 Å². The van der Waals surface area contributed by atoms with Crippen molar-refractivity contribution in [2.45, 2.75) is 37.8 Å². The van der Waals surface area contributed by atoms with Gasteiger partial charge in [0.1, 0.15) is 12.4 Å². The second-order valence-electron chi connectivity index (χ2n) is 3.91. The smallest absolute Gasteiger partial charge is 0.307 e. The molecule has 1 fully saturated rings. The van der Waals surface area contributed by atoms with E-state index in [1.54, 1.807) is 4.68 Å². The average Bonchev–Trinajstić information content (AvgIpc) is 2.66. The lowest BCUT2D eigenvalue weighted by atomic mass is 9.93. The fourth-order valence-corrected chi connectivity index (χ4v) is 2.00. The van der Waals surface area contributed by atoms with Gasteiger partial charge in [-0.15, -0.1) is 0 Å². The van der Waals surface area contributed by atoms with Crippen molar-refractivity contribution in [2.24, 2.45) is 0 Å². The minimum atomic E-state index is -0.456. The molecule has 1 heterocycles. The van der Waals surface area contributed by atoms with E-state index in [9.17, 15) is 15.2 Å². The van der Waals surface area contributed by atoms with Gasteiger partial charge < -0.3 is 5.11 Å². The predicted octanol–water partition coefficient (Wildman–Crippen LogP) is 1.27. The molecular weight excluding hydrogens is 198 g/mol. The number of aliphatic hydroxyl groups excluding tert-OH is 1. The second-order valence-corrected chi connectivity index (χ2v) is 3.91. The second kappa shape index (κ2) is 3.98. The van der Waals surface area contributed by atoms with E-state index >= 15 is 0 Å². The lowest BCUT2D eigenvalue weighted by Gasteiger charge is -2.25. The summed E-state index contributed by atoms with van der Waals surface area (Å²) in [5, 5.41) is 23.9. The third-order valence-electron chi connectivity index (χ3n) is 2.79. The van der Waals surface area contributed by atoms with Crippen molar-refractivity contribution in [1.82, 2.24) is 9.78 Å². The number of aromatic nitrogens is 2. The van der Waals surface area contributed by atoms with E-state index < -0.39 is 4.92 Å². The zero-order valence-corrected chi connectivity index (χ0v) is 8.24. The first-order valence-corrected chi connectivity index (χ1v) is 5.03. The first-order valence-electron chi connectivity index (χ1n) is 5.03. The SMILES string of the molecule is O=[N+]([O-])c1cnn([C@@H]2CCC[C@@H](O)C2)c1. The zero-order valence-electron chi connectivity index (χ0n) is 8.24. The molecule has 0 aromatic carbocycles. The molecule has 0 saturated heterocycles. The molecular formula is C9H13N3O3. The fourth-order valence-electron chi connectivity index (χ4n) is 2.00. The summed E-state index contributed by atoms with van der Waals surface area (Å²) in [6.07, 6.45) is 5.71. The van der Waals surface area contributed by atoms with Gasteiger partial charge in [-0.3, -0.25) is 14.8 Å². The molecule has 2 rings (SSSR count). The summed E-state index contributed by atoms with van der Waals surface area (Å²) in [7, 11) is 0. The van der Waals surface area contributed by atoms with E-state index in [-0.39, 0.29) is 17.8 Å². The van der Waals surface area contributed by atoms with E-state index in [1.165, 1.54) is 12.4 Å². The Hall–Kier alpha value is -1.43. The van der Waals surface area contributed by atoms with Gasteiger partial charge in [0, 0.05) is 0 Å². The molecule has 1 saturated carbocycles. The third kappa shape index (κ3) is 2.15. The van der Waals surface area contributed by atoms with Crippen LogP contribution in [0.1, 0.15) is 31.7 Å². The fraction of sp³-hybridized carbons (Fsp3) is 0.667. The van der Waals surface area contributed by atoms with Crippen LogP contribution in [-0.4, -0.2) is 25.9 Å². The van der Waals surface area contributed by atoms with Crippen LogP contribution < -0.4 is 0 Å². The molecule has 1 aromatic heterocycles. The monoisotopic (exact) mass is 211 g/mol. The highest BCUT2D eigenvalue weighted by Gasteiger charge is 2.23. The maximum Gasteiger partial charge on any atom is 0.307 e. The van der Waals surface area contributed by atoms with E-state index in [1.807, 2.05) is 0 Å². The Morgan fingerprint density at radius 3 is 3.00 bits per heavy atom. The minimum Gasteiger partial charge on any atom is -0.393 e. The summed E-state index contributed by atoms with van der Waals surface area (Å²) in [6.45, 7) is 0. The van der Waals surface area contributed by atoms with Gasteiger partial charge in [-0.2, -0.15) is 5.10 Å². The molecule has 6 heteroatoms. The Labute approximate surface area is 86.7 Å². The van der Waals surface area contributed by atoms with Crippen molar-refractivity contribution >= 4 is 5.69 Å². The van der Waals surface area contributed by atoms with Crippen LogP contribution in [0.15, 0.2) is 12.4 Å². The van der Waals surface area contributed by atoms with E-state index in [4.69, 9.17) is 0 Å². The van der Waals surface area contributed by atoms with Gasteiger partial charge in [0.2, 0.25) is 0 Å². The minimum absolute atomic E-state index is 0.00932. The molecule has 0 spiro atoms. The van der Waals surface area contributed by atoms with Crippen molar-refractivity contribution in [3.8, 4) is 0 Å². The van der Waals surface area contributed by atoms with Gasteiger partial charge in [0.15, 0.2) is 0 Å². The summed E-state index contributed by atoms with van der Waals surface area (Å²) in [6, 6.07) is 0.0995. The molecule has 0 radical (unpaired) electrons. The van der Waals surface area contributed by atoms with Crippen LogP contribution in [0.5, 0.6) is 0 Å². The number of nitrogens with zero attached hydrogens (tertiary/aromatic N) is 3. The summed E-state index contributed by atoms with van der Waals surface area (Å²) >= 11 is 0. The highest BCUT2D eigenvalue weighted by Crippen LogP contribution is 2.28. The van der Waals surface area contributed by atoms with Gasteiger partial charge in [-0.25, -0.2) is 0 Å². The lowest BCUT2D eigenvalue weighted by molar-refractivity contribution is -0.385. The van der Waals surface area contributed by atoms with Gasteiger partial charge in [0.25, 0.3) is 0 Å². The van der Waals surface area contributed by atoms with E-state index in [0.29, 0.717) is 6.42 Å². The van der Waals surface area contributed by atoms with Crippen LogP contribution in [0.4, 0.5) is 5.69 Å². The quantitative estimate of drug-likeness (QED) is 0.590. The van der Waals surface area contributed by atoms with Gasteiger partial charge >= 0.3 is 5.69 Å². The van der Waals surface area contributed by atoms with Crippen molar-refractivity contribution in [3.05, 3.63) is 22.5 Å². The van der Waals surface area contributed by atoms with Gasteiger partial charge in [0.05, 0.1) is 17.1 Å². The summed E-state index contributed by atoms with van der Waals surface area (Å²) in [4.78, 5) is 10.0. The highest BCUT2D eigenvalue weighted by atomic mass is 16.6. The van der Waals surface area contributed by atoms with Gasteiger partial charge in [-0.05, 0) is 25.7 Å². The zero-order chi connectivity index (χ0) is 10.8. The Kier molecular flexibility index (Phi) is 2.68. The van der Waals surface area contributed by atoms with Crippen molar-refractivity contribution in [1.29, 1.82) is 0 Å². The molecule has 6 nitrogen and oxygen atoms in total. The largest absolute Gasteiger partial charge is 0.393 e. The maximum absolute atomic E-state index is 10.5. The molecule has 2 atom stereocenters. The van der Waals surface area contributed by atoms with Crippen LogP contribution in [0.25, 0.3) is 0 Å². The van der Waals surface area contributed by atoms with Crippen LogP contribution >= 0.6 is 0 Å². The summed E-state index contributed by atoms with van der Waals surface area (Å²) in [5.74, 6) is 0. The van der Waals surface area contributed by atoms with Crippen LogP contribution in [0, 0.1) is 10.1 Å². The summed E-state index contributed by atoms with van der Waals surface area (Å²) in [5.41, 5.74) is 0.00932. The molecule has 0 aliphatic heterocycles. The number of rotatable bonds is 2. The molecule has 15 heavy (non-hydrogen) atoms. The molecule has 82 valence electrons. The van der Waals surface area contributed by atoms with E-state index in [0.717, 1.165) is 19.3 Å². The lowest BCUT2D eigenvalue weighted by Crippen LogP contribution is -2.22. The Morgan fingerprint density at radius 2 is 2.40 bits per heavy atom. The number of hydrogen-bond acceptors (Lipinski definition) is 4. The van der Waals surface area contributed by atoms with Crippen LogP contribution in [0.2, 0.25) is 0 Å². The molecule has 1 aromatic rings. The van der Waals surface area contributed by atoms with E-state index in [2.05, 4.69) is 5.10 Å². The predicted molar refractivity (Wildman–Crippen MR) is 52.4 cm³/mol. The first-order chi connectivity index (χ1) is 7.16. The Morgan fingerprint density at radius 1 is 1.60 bits per heavy atom. The molecule has 0 bridgehead atoms. The standard InChI is InChI=1S/C9H13N3O3/c13-9-3-1-2-7(4-9)11-6-8(5-10-11)12(14)15/h5-7,9,13H,1-4H2/t7-,9-/m1/s1.